The predicted molar refractivity (Wildman–Crippen MR) is 65.4 cm³/mol. The van der Waals surface area contributed by atoms with Gasteiger partial charge in [0.15, 0.2) is 5.78 Å². The largest absolute Gasteiger partial charge is 0.493 e. The topological polar surface area (TPSA) is 55.4 Å². The van der Waals surface area contributed by atoms with Gasteiger partial charge in [0.25, 0.3) is 0 Å². The molecule has 1 aromatic rings. The van der Waals surface area contributed by atoms with Crippen LogP contribution in [-0.2, 0) is 4.79 Å². The summed E-state index contributed by atoms with van der Waals surface area (Å²) in [4.78, 5) is 22.2. The first-order chi connectivity index (χ1) is 8.04. The van der Waals surface area contributed by atoms with Crippen LogP contribution in [-0.4, -0.2) is 25.3 Å². The number of ether oxygens (including phenoxy) is 1. The van der Waals surface area contributed by atoms with Crippen LogP contribution in [0.25, 0.3) is 0 Å². The molecule has 0 aliphatic rings. The average Bonchev–Trinajstić information content (AvgIpc) is 2.30. The molecule has 1 N–H and O–H groups in total. The van der Waals surface area contributed by atoms with Crippen molar-refractivity contribution >= 4 is 11.7 Å². The van der Waals surface area contributed by atoms with Crippen LogP contribution in [0.5, 0.6) is 5.75 Å². The molecule has 1 amide bonds. The van der Waals surface area contributed by atoms with Crippen molar-refractivity contribution < 1.29 is 14.3 Å². The van der Waals surface area contributed by atoms with Gasteiger partial charge in [-0.1, -0.05) is 0 Å². The zero-order valence-electron chi connectivity index (χ0n) is 10.4. The van der Waals surface area contributed by atoms with Crippen molar-refractivity contribution in [3.05, 3.63) is 29.3 Å². The van der Waals surface area contributed by atoms with Crippen LogP contribution in [0.15, 0.2) is 18.2 Å². The van der Waals surface area contributed by atoms with Crippen molar-refractivity contribution in [1.82, 2.24) is 5.32 Å². The highest BCUT2D eigenvalue weighted by atomic mass is 16.5. The number of carbonyl (C=O) groups excluding carboxylic acids is 2. The third-order valence-corrected chi connectivity index (χ3v) is 2.45. The first kappa shape index (κ1) is 13.2. The summed E-state index contributed by atoms with van der Waals surface area (Å²) >= 11 is 0. The van der Waals surface area contributed by atoms with Crippen molar-refractivity contribution in [3.8, 4) is 5.75 Å². The maximum Gasteiger partial charge on any atom is 0.223 e. The van der Waals surface area contributed by atoms with Crippen LogP contribution < -0.4 is 10.1 Å². The molecule has 17 heavy (non-hydrogen) atoms. The van der Waals surface area contributed by atoms with Gasteiger partial charge in [-0.2, -0.15) is 0 Å². The van der Waals surface area contributed by atoms with E-state index in [1.165, 1.54) is 6.92 Å². The molecule has 0 radical (unpaired) electrons. The molecule has 0 saturated carbocycles. The van der Waals surface area contributed by atoms with Crippen LogP contribution in [0.4, 0.5) is 0 Å². The summed E-state index contributed by atoms with van der Waals surface area (Å²) < 4.78 is 5.47. The number of benzene rings is 1. The maximum absolute atomic E-state index is 11.2. The number of rotatable bonds is 5. The lowest BCUT2D eigenvalue weighted by Crippen LogP contribution is -2.20. The van der Waals surface area contributed by atoms with Gasteiger partial charge in [0.05, 0.1) is 13.0 Å². The van der Waals surface area contributed by atoms with Gasteiger partial charge in [0.2, 0.25) is 5.91 Å². The predicted octanol–water partition coefficient (Wildman–Crippen LogP) is 1.71. The third kappa shape index (κ3) is 3.90. The fraction of sp³-hybridized carbons (Fsp3) is 0.385. The smallest absolute Gasteiger partial charge is 0.223 e. The average molecular weight is 235 g/mol. The second-order valence-electron chi connectivity index (χ2n) is 3.81. The van der Waals surface area contributed by atoms with Gasteiger partial charge >= 0.3 is 0 Å². The lowest BCUT2D eigenvalue weighted by atomic mass is 10.1. The second-order valence-corrected chi connectivity index (χ2v) is 3.81. The Hall–Kier alpha value is -1.84. The molecule has 1 rings (SSSR count). The minimum absolute atomic E-state index is 0.0324. The highest BCUT2D eigenvalue weighted by molar-refractivity contribution is 5.94. The number of Topliss-reactive ketones (excluding diaryl/α,β-unsaturated/α-hetero) is 1. The molecule has 0 aliphatic heterocycles. The molecule has 4 nitrogen and oxygen atoms in total. The van der Waals surface area contributed by atoms with Crippen LogP contribution >= 0.6 is 0 Å². The first-order valence-electron chi connectivity index (χ1n) is 5.49. The standard InChI is InChI=1S/C13H17NO3/c1-9-8-11(10(2)15)4-5-12(9)17-7-6-13(16)14-3/h4-5,8H,6-7H2,1-3H3,(H,14,16). The van der Waals surface area contributed by atoms with Gasteiger partial charge in [-0.05, 0) is 37.6 Å². The molecule has 0 aliphatic carbocycles. The summed E-state index contributed by atoms with van der Waals surface area (Å²) in [6.45, 7) is 3.74. The summed E-state index contributed by atoms with van der Waals surface area (Å²) in [5.74, 6) is 0.687. The Bertz CT molecular complexity index is 427. The lowest BCUT2D eigenvalue weighted by Gasteiger charge is -2.09. The minimum atomic E-state index is -0.0528. The molecule has 0 unspecified atom stereocenters. The van der Waals surface area contributed by atoms with Crippen molar-refractivity contribution in [2.24, 2.45) is 0 Å². The van der Waals surface area contributed by atoms with E-state index in [-0.39, 0.29) is 11.7 Å². The van der Waals surface area contributed by atoms with E-state index in [0.29, 0.717) is 24.3 Å². The molecule has 0 heterocycles. The van der Waals surface area contributed by atoms with E-state index in [4.69, 9.17) is 4.74 Å². The summed E-state index contributed by atoms with van der Waals surface area (Å²) in [6.07, 6.45) is 0.324. The highest BCUT2D eigenvalue weighted by Crippen LogP contribution is 2.19. The normalized spacial score (nSPS) is 9.82. The first-order valence-corrected chi connectivity index (χ1v) is 5.49. The molecular weight excluding hydrogens is 218 g/mol. The van der Waals surface area contributed by atoms with E-state index in [9.17, 15) is 9.59 Å². The Morgan fingerprint density at radius 2 is 2.06 bits per heavy atom. The van der Waals surface area contributed by atoms with Crippen LogP contribution in [0.1, 0.15) is 29.3 Å². The van der Waals surface area contributed by atoms with Gasteiger partial charge < -0.3 is 10.1 Å². The van der Waals surface area contributed by atoms with Crippen LogP contribution in [0.3, 0.4) is 0 Å². The number of carbonyl (C=O) groups is 2. The van der Waals surface area contributed by atoms with Gasteiger partial charge in [0, 0.05) is 12.6 Å². The number of ketones is 1. The minimum Gasteiger partial charge on any atom is -0.493 e. The van der Waals surface area contributed by atoms with Gasteiger partial charge in [-0.3, -0.25) is 9.59 Å². The number of aryl methyl sites for hydroxylation is 1. The molecule has 0 fully saturated rings. The molecule has 0 aromatic heterocycles. The van der Waals surface area contributed by atoms with E-state index in [2.05, 4.69) is 5.32 Å². The Morgan fingerprint density at radius 1 is 1.35 bits per heavy atom. The molecule has 0 spiro atoms. The monoisotopic (exact) mass is 235 g/mol. The van der Waals surface area contributed by atoms with Gasteiger partial charge in [0.1, 0.15) is 5.75 Å². The Balaban J connectivity index is 2.60. The summed E-state index contributed by atoms with van der Waals surface area (Å²) in [5.41, 5.74) is 1.57. The second kappa shape index (κ2) is 6.03. The zero-order valence-corrected chi connectivity index (χ0v) is 10.4. The summed E-state index contributed by atoms with van der Waals surface area (Å²) in [5, 5.41) is 2.53. The van der Waals surface area contributed by atoms with Crippen molar-refractivity contribution in [3.63, 3.8) is 0 Å². The molecule has 1 aromatic carbocycles. The van der Waals surface area contributed by atoms with E-state index >= 15 is 0 Å². The molecule has 4 heteroatoms. The third-order valence-electron chi connectivity index (χ3n) is 2.45. The number of hydrogen-bond donors (Lipinski definition) is 1. The number of hydrogen-bond acceptors (Lipinski definition) is 3. The number of amides is 1. The fourth-order valence-corrected chi connectivity index (χ4v) is 1.41. The molecular formula is C13H17NO3. The molecule has 0 saturated heterocycles. The molecule has 0 bridgehead atoms. The quantitative estimate of drug-likeness (QED) is 0.790. The Kier molecular flexibility index (Phi) is 4.69. The molecule has 92 valence electrons. The zero-order chi connectivity index (χ0) is 12.8. The van der Waals surface area contributed by atoms with Gasteiger partial charge in [-0.15, -0.1) is 0 Å². The lowest BCUT2D eigenvalue weighted by molar-refractivity contribution is -0.121. The van der Waals surface area contributed by atoms with E-state index in [1.807, 2.05) is 6.92 Å². The molecule has 0 atom stereocenters. The summed E-state index contributed by atoms with van der Waals surface area (Å²) in [6, 6.07) is 5.28. The van der Waals surface area contributed by atoms with Crippen LogP contribution in [0.2, 0.25) is 0 Å². The highest BCUT2D eigenvalue weighted by Gasteiger charge is 2.05. The number of nitrogens with one attached hydrogen (secondary N) is 1. The summed E-state index contributed by atoms with van der Waals surface area (Å²) in [7, 11) is 1.59. The van der Waals surface area contributed by atoms with Crippen molar-refractivity contribution in [1.29, 1.82) is 0 Å². The Morgan fingerprint density at radius 3 is 2.59 bits per heavy atom. The van der Waals surface area contributed by atoms with Crippen molar-refractivity contribution in [2.75, 3.05) is 13.7 Å². The fourth-order valence-electron chi connectivity index (χ4n) is 1.41. The SMILES string of the molecule is CNC(=O)CCOc1ccc(C(C)=O)cc1C. The van der Waals surface area contributed by atoms with Crippen LogP contribution in [0, 0.1) is 6.92 Å². The van der Waals surface area contributed by atoms with E-state index in [1.54, 1.807) is 25.2 Å². The Labute approximate surface area is 101 Å². The van der Waals surface area contributed by atoms with Gasteiger partial charge in [-0.25, -0.2) is 0 Å². The van der Waals surface area contributed by atoms with Crippen molar-refractivity contribution in [2.45, 2.75) is 20.3 Å². The maximum atomic E-state index is 11.2. The van der Waals surface area contributed by atoms with E-state index in [0.717, 1.165) is 5.56 Å². The van der Waals surface area contributed by atoms with E-state index < -0.39 is 0 Å².